The highest BCUT2D eigenvalue weighted by Gasteiger charge is 2.20. The largest absolute Gasteiger partial charge is 0.476 e. The molecule has 0 amide bonds. The average Bonchev–Trinajstić information content (AvgIpc) is 2.87. The first-order valence-corrected chi connectivity index (χ1v) is 5.57. The fourth-order valence-corrected chi connectivity index (χ4v) is 1.87. The standard InChI is InChI=1S/C12H15N3O2/c1-3-6-9-13-11(15-7-4-5-8-15)10(12(16)17)14(9)2/h4-5,7-8H,3,6H2,1-2H3,(H,16,17). The molecule has 0 atom stereocenters. The molecule has 5 heteroatoms. The summed E-state index contributed by atoms with van der Waals surface area (Å²) < 4.78 is 3.38. The molecule has 0 bridgehead atoms. The van der Waals surface area contributed by atoms with Gasteiger partial charge in [-0.05, 0) is 18.6 Å². The quantitative estimate of drug-likeness (QED) is 0.876. The van der Waals surface area contributed by atoms with Gasteiger partial charge in [-0.2, -0.15) is 0 Å². The molecule has 0 aliphatic rings. The first kappa shape index (κ1) is 11.4. The van der Waals surface area contributed by atoms with Gasteiger partial charge in [0, 0.05) is 25.9 Å². The molecule has 0 saturated heterocycles. The van der Waals surface area contributed by atoms with E-state index in [-0.39, 0.29) is 5.69 Å². The van der Waals surface area contributed by atoms with E-state index in [1.165, 1.54) is 0 Å². The van der Waals surface area contributed by atoms with E-state index >= 15 is 0 Å². The number of imidazole rings is 1. The summed E-state index contributed by atoms with van der Waals surface area (Å²) >= 11 is 0. The van der Waals surface area contributed by atoms with Crippen LogP contribution in [0.2, 0.25) is 0 Å². The number of carbonyl (C=O) groups is 1. The first-order valence-electron chi connectivity index (χ1n) is 5.57. The summed E-state index contributed by atoms with van der Waals surface area (Å²) in [5.41, 5.74) is 0.227. The molecular formula is C12H15N3O2. The van der Waals surface area contributed by atoms with Crippen LogP contribution < -0.4 is 0 Å². The Bertz CT molecular complexity index is 526. The molecule has 2 heterocycles. The number of carboxylic acid groups (broad SMARTS) is 1. The number of aryl methyl sites for hydroxylation is 1. The molecule has 0 aliphatic carbocycles. The Hall–Kier alpha value is -2.04. The summed E-state index contributed by atoms with van der Waals surface area (Å²) in [7, 11) is 1.74. The van der Waals surface area contributed by atoms with Crippen molar-refractivity contribution in [2.75, 3.05) is 0 Å². The van der Waals surface area contributed by atoms with Gasteiger partial charge in [-0.15, -0.1) is 0 Å². The number of aromatic nitrogens is 3. The maximum absolute atomic E-state index is 11.3. The molecule has 2 rings (SSSR count). The molecular weight excluding hydrogens is 218 g/mol. The number of hydrogen-bond donors (Lipinski definition) is 1. The molecule has 0 aromatic carbocycles. The van der Waals surface area contributed by atoms with Crippen LogP contribution in [0.1, 0.15) is 29.7 Å². The Balaban J connectivity index is 2.58. The second kappa shape index (κ2) is 4.45. The molecule has 90 valence electrons. The van der Waals surface area contributed by atoms with Crippen LogP contribution >= 0.6 is 0 Å². The van der Waals surface area contributed by atoms with Crippen LogP contribution in [-0.2, 0) is 13.5 Å². The van der Waals surface area contributed by atoms with Gasteiger partial charge in [0.15, 0.2) is 11.5 Å². The minimum atomic E-state index is -0.953. The summed E-state index contributed by atoms with van der Waals surface area (Å²) in [5.74, 6) is 0.327. The predicted octanol–water partition coefficient (Wildman–Crippen LogP) is 1.86. The number of carboxylic acids is 1. The Kier molecular flexibility index (Phi) is 2.99. The topological polar surface area (TPSA) is 60.1 Å². The highest BCUT2D eigenvalue weighted by molar-refractivity contribution is 5.89. The van der Waals surface area contributed by atoms with Crippen LogP contribution in [0, 0.1) is 0 Å². The van der Waals surface area contributed by atoms with Crippen molar-refractivity contribution >= 4 is 5.97 Å². The van der Waals surface area contributed by atoms with Gasteiger partial charge in [0.05, 0.1) is 0 Å². The molecule has 5 nitrogen and oxygen atoms in total. The Labute approximate surface area is 99.3 Å². The second-order valence-electron chi connectivity index (χ2n) is 3.90. The van der Waals surface area contributed by atoms with E-state index in [2.05, 4.69) is 4.98 Å². The van der Waals surface area contributed by atoms with E-state index in [4.69, 9.17) is 0 Å². The van der Waals surface area contributed by atoms with Gasteiger partial charge in [0.25, 0.3) is 0 Å². The zero-order valence-electron chi connectivity index (χ0n) is 9.92. The molecule has 2 aromatic heterocycles. The van der Waals surface area contributed by atoms with Crippen molar-refractivity contribution in [2.24, 2.45) is 7.05 Å². The minimum Gasteiger partial charge on any atom is -0.476 e. The average molecular weight is 233 g/mol. The van der Waals surface area contributed by atoms with Gasteiger partial charge < -0.3 is 14.2 Å². The van der Waals surface area contributed by atoms with Gasteiger partial charge >= 0.3 is 5.97 Å². The smallest absolute Gasteiger partial charge is 0.356 e. The van der Waals surface area contributed by atoms with Crippen molar-refractivity contribution in [3.8, 4) is 5.82 Å². The normalized spacial score (nSPS) is 10.7. The zero-order chi connectivity index (χ0) is 12.4. The van der Waals surface area contributed by atoms with Crippen molar-refractivity contribution in [3.05, 3.63) is 36.0 Å². The van der Waals surface area contributed by atoms with Crippen LogP contribution in [0.3, 0.4) is 0 Å². The highest BCUT2D eigenvalue weighted by atomic mass is 16.4. The number of rotatable bonds is 4. The molecule has 0 radical (unpaired) electrons. The van der Waals surface area contributed by atoms with Crippen molar-refractivity contribution in [2.45, 2.75) is 19.8 Å². The number of nitrogens with zero attached hydrogens (tertiary/aromatic N) is 3. The lowest BCUT2D eigenvalue weighted by atomic mass is 10.3. The number of aromatic carboxylic acids is 1. The molecule has 0 fully saturated rings. The Morgan fingerprint density at radius 2 is 2.06 bits per heavy atom. The van der Waals surface area contributed by atoms with Crippen molar-refractivity contribution < 1.29 is 9.90 Å². The summed E-state index contributed by atoms with van der Waals surface area (Å²) in [5, 5.41) is 9.25. The molecule has 0 aliphatic heterocycles. The summed E-state index contributed by atoms with van der Waals surface area (Å²) in [6.45, 7) is 2.05. The number of hydrogen-bond acceptors (Lipinski definition) is 2. The van der Waals surface area contributed by atoms with E-state index < -0.39 is 5.97 Å². The predicted molar refractivity (Wildman–Crippen MR) is 63.5 cm³/mol. The van der Waals surface area contributed by atoms with E-state index in [1.54, 1.807) is 28.6 Å². The monoisotopic (exact) mass is 233 g/mol. The fraction of sp³-hybridized carbons (Fsp3) is 0.333. The molecule has 2 aromatic rings. The third kappa shape index (κ3) is 1.95. The second-order valence-corrected chi connectivity index (χ2v) is 3.90. The van der Waals surface area contributed by atoms with Crippen molar-refractivity contribution in [1.29, 1.82) is 0 Å². The summed E-state index contributed by atoms with van der Waals surface area (Å²) in [6, 6.07) is 3.69. The van der Waals surface area contributed by atoms with Gasteiger partial charge in [-0.3, -0.25) is 0 Å². The third-order valence-electron chi connectivity index (χ3n) is 2.69. The van der Waals surface area contributed by atoms with E-state index in [0.29, 0.717) is 5.82 Å². The highest BCUT2D eigenvalue weighted by Crippen LogP contribution is 2.16. The van der Waals surface area contributed by atoms with Crippen molar-refractivity contribution in [1.82, 2.24) is 14.1 Å². The lowest BCUT2D eigenvalue weighted by molar-refractivity contribution is 0.0686. The van der Waals surface area contributed by atoms with Crippen LogP contribution in [0.5, 0.6) is 0 Å². The molecule has 0 spiro atoms. The summed E-state index contributed by atoms with van der Waals surface area (Å²) in [4.78, 5) is 15.7. The van der Waals surface area contributed by atoms with E-state index in [9.17, 15) is 9.90 Å². The fourth-order valence-electron chi connectivity index (χ4n) is 1.87. The summed E-state index contributed by atoms with van der Waals surface area (Å²) in [6.07, 6.45) is 5.31. The Morgan fingerprint density at radius 3 is 2.59 bits per heavy atom. The Morgan fingerprint density at radius 1 is 1.41 bits per heavy atom. The van der Waals surface area contributed by atoms with Crippen LogP contribution in [0.4, 0.5) is 0 Å². The van der Waals surface area contributed by atoms with E-state index in [1.807, 2.05) is 19.1 Å². The van der Waals surface area contributed by atoms with Gasteiger partial charge in [-0.1, -0.05) is 6.92 Å². The lowest BCUT2D eigenvalue weighted by Crippen LogP contribution is -2.09. The SMILES string of the molecule is CCCc1nc(-n2cccc2)c(C(=O)O)n1C. The van der Waals surface area contributed by atoms with Gasteiger partial charge in [0.1, 0.15) is 5.82 Å². The maximum atomic E-state index is 11.3. The first-order chi connectivity index (χ1) is 8.15. The molecule has 0 saturated carbocycles. The van der Waals surface area contributed by atoms with Crippen LogP contribution in [0.25, 0.3) is 5.82 Å². The molecule has 1 N–H and O–H groups in total. The van der Waals surface area contributed by atoms with Crippen LogP contribution in [-0.4, -0.2) is 25.2 Å². The molecule has 17 heavy (non-hydrogen) atoms. The van der Waals surface area contributed by atoms with Gasteiger partial charge in [0.2, 0.25) is 0 Å². The van der Waals surface area contributed by atoms with Crippen LogP contribution in [0.15, 0.2) is 24.5 Å². The zero-order valence-corrected chi connectivity index (χ0v) is 9.92. The third-order valence-corrected chi connectivity index (χ3v) is 2.69. The molecule has 0 unspecified atom stereocenters. The maximum Gasteiger partial charge on any atom is 0.356 e. The minimum absolute atomic E-state index is 0.227. The lowest BCUT2D eigenvalue weighted by Gasteiger charge is -2.02. The van der Waals surface area contributed by atoms with E-state index in [0.717, 1.165) is 18.7 Å². The van der Waals surface area contributed by atoms with Crippen molar-refractivity contribution in [3.63, 3.8) is 0 Å². The van der Waals surface area contributed by atoms with Gasteiger partial charge in [-0.25, -0.2) is 9.78 Å².